The monoisotopic (exact) mass is 1220 g/mol. The molecule has 8 aromatic heterocycles. The number of imidazole rings is 4. The summed E-state index contributed by atoms with van der Waals surface area (Å²) in [5, 5.41) is 27.7. The Balaban J connectivity index is 0.000000105. The highest BCUT2D eigenvalue weighted by Crippen LogP contribution is 2.44. The molecule has 22 rings (SSSR count). The van der Waals surface area contributed by atoms with Crippen LogP contribution in [0.3, 0.4) is 0 Å². The molecule has 0 spiro atoms. The third-order valence-electron chi connectivity index (χ3n) is 18.5. The van der Waals surface area contributed by atoms with Gasteiger partial charge in [0.2, 0.25) is 11.6 Å². The predicted octanol–water partition coefficient (Wildman–Crippen LogP) is 20.4. The average Bonchev–Trinajstić information content (AvgIpc) is 1.57. The largest absolute Gasteiger partial charge is 0.569 e. The summed E-state index contributed by atoms with van der Waals surface area (Å²) >= 11 is 3.77. The van der Waals surface area contributed by atoms with Crippen molar-refractivity contribution in [2.24, 2.45) is 0 Å². The van der Waals surface area contributed by atoms with E-state index in [9.17, 15) is 0 Å². The van der Waals surface area contributed by atoms with Crippen LogP contribution in [0.1, 0.15) is 0 Å². The molecule has 0 saturated heterocycles. The lowest BCUT2D eigenvalue weighted by molar-refractivity contribution is 0.454. The van der Waals surface area contributed by atoms with Crippen molar-refractivity contribution in [1.82, 2.24) is 27.6 Å². The molecule has 12 heteroatoms. The van der Waals surface area contributed by atoms with Gasteiger partial charge in [0.15, 0.2) is 0 Å². The minimum atomic E-state index is 0.585. The molecule has 22 aromatic rings. The van der Waals surface area contributed by atoms with Crippen LogP contribution in [0.15, 0.2) is 268 Å². The number of halogens is 1. The molecule has 419 valence electrons. The van der Waals surface area contributed by atoms with Gasteiger partial charge in [0.25, 0.3) is 0 Å². The first-order valence-electron chi connectivity index (χ1n) is 29.9. The van der Waals surface area contributed by atoms with Crippen molar-refractivity contribution in [1.29, 1.82) is 0 Å². The first-order valence-corrected chi connectivity index (χ1v) is 30.7. The van der Waals surface area contributed by atoms with Crippen molar-refractivity contribution < 1.29 is 18.5 Å². The summed E-state index contributed by atoms with van der Waals surface area (Å²) in [6.45, 7) is 0. The van der Waals surface area contributed by atoms with Crippen LogP contribution in [0.2, 0.25) is 0 Å². The van der Waals surface area contributed by atoms with Gasteiger partial charge in [-0.2, -0.15) is 0 Å². The molecule has 8 heterocycles. The summed E-state index contributed by atoms with van der Waals surface area (Å²) < 4.78 is 27.2. The number of rotatable bonds is 3. The Bertz CT molecular complexity index is 6790. The molecule has 0 saturated carbocycles. The maximum Gasteiger partial charge on any atom is 0.569 e. The third-order valence-corrected chi connectivity index (χ3v) is 19.0. The first kappa shape index (κ1) is 49.7. The summed E-state index contributed by atoms with van der Waals surface area (Å²) in [6, 6.07) is 89.7. The van der Waals surface area contributed by atoms with Crippen LogP contribution in [-0.4, -0.2) is 40.3 Å². The van der Waals surface area contributed by atoms with Crippen molar-refractivity contribution in [3.63, 3.8) is 0 Å². The maximum absolute atomic E-state index is 8.58. The Morgan fingerprint density at radius 3 is 1.26 bits per heavy atom. The van der Waals surface area contributed by atoms with Gasteiger partial charge in [-0.3, -0.25) is 17.6 Å². The Hall–Kier alpha value is -11.4. The average molecular weight is 1220 g/mol. The fourth-order valence-corrected chi connectivity index (χ4v) is 15.0. The van der Waals surface area contributed by atoms with Crippen molar-refractivity contribution >= 4 is 199 Å². The number of para-hydroxylation sites is 2. The molecule has 1 N–H and O–H groups in total. The van der Waals surface area contributed by atoms with E-state index in [4.69, 9.17) is 28.5 Å². The van der Waals surface area contributed by atoms with E-state index in [1.165, 1.54) is 103 Å². The van der Waals surface area contributed by atoms with E-state index in [0.717, 1.165) is 87.5 Å². The van der Waals surface area contributed by atoms with Crippen LogP contribution in [0.4, 0.5) is 0 Å². The van der Waals surface area contributed by atoms with Gasteiger partial charge >= 0.3 is 7.69 Å². The highest BCUT2D eigenvalue weighted by Gasteiger charge is 2.25. The van der Waals surface area contributed by atoms with Gasteiger partial charge in [-0.1, -0.05) is 155 Å². The second-order valence-electron chi connectivity index (χ2n) is 23.5. The van der Waals surface area contributed by atoms with E-state index in [1.54, 1.807) is 6.07 Å². The number of aromatic nitrogens is 6. The van der Waals surface area contributed by atoms with E-state index in [1.807, 2.05) is 48.5 Å². The van der Waals surface area contributed by atoms with Crippen LogP contribution in [-0.2, 0) is 0 Å². The van der Waals surface area contributed by atoms with Crippen LogP contribution < -0.4 is 4.65 Å². The molecular formula is C78H43BBrN6O4. The highest BCUT2D eigenvalue weighted by molar-refractivity contribution is 9.10. The van der Waals surface area contributed by atoms with Gasteiger partial charge in [0.05, 0.1) is 55.2 Å². The smallest absolute Gasteiger partial charge is 0.537 e. The standard InChI is InChI=1S/C39H21N3O.C27H14BrN3.C12H8BO3/c1-3-9-24-19-33-29(15-22(24)7-1)31-17-27(26-13-14-37-30(16-26)28-11-5-6-12-36(28)43-37)21-35-38(31)42(33)39-40-32-18-23-8-2-4-10-25(23)20-34(32)41(35)39;28-19-13-21-20-9-15-5-1-3-7-17(15)11-23(20)31-26(21)25(14-19)30-24-12-18-8-4-2-6-16(18)10-22(24)29-27(30)31;14-13-16-8-5-6-12-10(7-8)9-3-1-2-4-11(9)15-12/h1-21H;1-14H;1-7,14H. The minimum absolute atomic E-state index is 0.585. The third kappa shape index (κ3) is 7.13. The summed E-state index contributed by atoms with van der Waals surface area (Å²) in [4.78, 5) is 10.4. The number of hydrogen-bond donors (Lipinski definition) is 1. The SMILES string of the molecule is Brc1cc2c3cc4ccccc4cc3n3c2c(c1)n1c2cc4ccccc4cc2nc13.O[B]Oc1ccc2oc3ccccc3c2c1.c1ccc2cc3c(cc2c1)nc1n3c2cc(-c3ccc4oc5ccccc5c4c3)cc3c4cc5ccccc5cc4n1c32. The summed E-state index contributed by atoms with van der Waals surface area (Å²) in [5.74, 6) is 2.50. The second kappa shape index (κ2) is 18.5. The van der Waals surface area contributed by atoms with Gasteiger partial charge in [-0.15, -0.1) is 0 Å². The highest BCUT2D eigenvalue weighted by atomic mass is 79.9. The summed E-state index contributed by atoms with van der Waals surface area (Å²) in [5.41, 5.74) is 17.3. The number of hydrogen-bond acceptors (Lipinski definition) is 6. The van der Waals surface area contributed by atoms with Crippen LogP contribution in [0, 0.1) is 0 Å². The molecule has 14 aromatic carbocycles. The lowest BCUT2D eigenvalue weighted by Crippen LogP contribution is -1.98. The summed E-state index contributed by atoms with van der Waals surface area (Å²) in [6.07, 6.45) is 0. The molecular weight excluding hydrogens is 1180 g/mol. The van der Waals surface area contributed by atoms with Gasteiger partial charge in [0.1, 0.15) is 28.1 Å². The molecule has 0 aliphatic heterocycles. The van der Waals surface area contributed by atoms with Crippen LogP contribution in [0.25, 0.3) is 186 Å². The van der Waals surface area contributed by atoms with E-state index in [2.05, 4.69) is 234 Å². The first-order chi connectivity index (χ1) is 44.4. The molecule has 0 amide bonds. The maximum atomic E-state index is 8.58. The number of fused-ring (bicyclic) bond motifs is 26. The normalized spacial score (nSPS) is 12.3. The molecule has 0 atom stereocenters. The molecule has 0 aliphatic rings. The zero-order valence-electron chi connectivity index (χ0n) is 47.6. The number of benzene rings is 14. The Labute approximate surface area is 517 Å². The Morgan fingerprint density at radius 2 is 0.733 bits per heavy atom. The van der Waals surface area contributed by atoms with Crippen molar-refractivity contribution in [3.8, 4) is 16.9 Å². The van der Waals surface area contributed by atoms with Crippen molar-refractivity contribution in [2.75, 3.05) is 0 Å². The van der Waals surface area contributed by atoms with Gasteiger partial charge in [-0.25, -0.2) is 9.97 Å². The van der Waals surface area contributed by atoms with Crippen LogP contribution >= 0.6 is 15.9 Å². The van der Waals surface area contributed by atoms with Gasteiger partial charge < -0.3 is 18.5 Å². The van der Waals surface area contributed by atoms with Crippen LogP contribution in [0.5, 0.6) is 5.75 Å². The number of furan rings is 2. The lowest BCUT2D eigenvalue weighted by atomic mass is 9.99. The Kier molecular flexibility index (Phi) is 10.2. The van der Waals surface area contributed by atoms with Gasteiger partial charge in [-0.05, 0) is 169 Å². The van der Waals surface area contributed by atoms with E-state index in [-0.39, 0.29) is 0 Å². The molecule has 90 heavy (non-hydrogen) atoms. The molecule has 10 nitrogen and oxygen atoms in total. The van der Waals surface area contributed by atoms with Gasteiger partial charge in [0, 0.05) is 47.6 Å². The Morgan fingerprint density at radius 1 is 0.322 bits per heavy atom. The molecule has 0 bridgehead atoms. The van der Waals surface area contributed by atoms with E-state index < -0.39 is 0 Å². The molecule has 1 radical (unpaired) electrons. The summed E-state index contributed by atoms with van der Waals surface area (Å²) in [7, 11) is 0.670. The second-order valence-corrected chi connectivity index (χ2v) is 24.4. The fourth-order valence-electron chi connectivity index (χ4n) is 14.5. The topological polar surface area (TPSA) is 99.2 Å². The van der Waals surface area contributed by atoms with Crippen molar-refractivity contribution in [3.05, 3.63) is 259 Å². The van der Waals surface area contributed by atoms with E-state index >= 15 is 0 Å². The molecule has 0 fully saturated rings. The number of nitrogens with zero attached hydrogens (tertiary/aromatic N) is 6. The van der Waals surface area contributed by atoms with Crippen molar-refractivity contribution in [2.45, 2.75) is 0 Å². The molecule has 0 unspecified atom stereocenters. The minimum Gasteiger partial charge on any atom is -0.537 e. The molecule has 0 aliphatic carbocycles. The zero-order chi connectivity index (χ0) is 59.0. The predicted molar refractivity (Wildman–Crippen MR) is 372 cm³/mol. The lowest BCUT2D eigenvalue weighted by Gasteiger charge is -2.06. The fraction of sp³-hybridized carbons (Fsp3) is 0. The zero-order valence-corrected chi connectivity index (χ0v) is 49.1. The quantitative estimate of drug-likeness (QED) is 0.177. The van der Waals surface area contributed by atoms with E-state index in [0.29, 0.717) is 13.4 Å².